The van der Waals surface area contributed by atoms with Crippen LogP contribution >= 0.6 is 0 Å². The van der Waals surface area contributed by atoms with Crippen molar-refractivity contribution >= 4 is 12.6 Å². The van der Waals surface area contributed by atoms with Gasteiger partial charge in [0, 0.05) is 12.3 Å². The van der Waals surface area contributed by atoms with E-state index in [0.717, 1.165) is 49.1 Å². The lowest BCUT2D eigenvalue weighted by Gasteiger charge is -2.29. The van der Waals surface area contributed by atoms with Crippen LogP contribution in [0, 0.1) is 29.6 Å². The summed E-state index contributed by atoms with van der Waals surface area (Å²) in [5, 5.41) is 0. The largest absolute Gasteiger partial charge is 0.303 e. The van der Waals surface area contributed by atoms with Gasteiger partial charge in [-0.3, -0.25) is 0 Å². The third kappa shape index (κ3) is 9.01. The van der Waals surface area contributed by atoms with Gasteiger partial charge in [-0.15, -0.1) is 0 Å². The Morgan fingerprint density at radius 2 is 1.31 bits per heavy atom. The zero-order valence-corrected chi connectivity index (χ0v) is 20.2. The average molecular weight is 403 g/mol. The Balaban J connectivity index is 0.000000291. The second kappa shape index (κ2) is 13.2. The number of aldehydes is 2. The van der Waals surface area contributed by atoms with E-state index in [1.165, 1.54) is 38.5 Å². The van der Waals surface area contributed by atoms with Crippen molar-refractivity contribution < 1.29 is 9.59 Å². The number of rotatable bonds is 8. The molecule has 3 atom stereocenters. The molecule has 0 aromatic carbocycles. The molecule has 0 saturated heterocycles. The van der Waals surface area contributed by atoms with E-state index in [-0.39, 0.29) is 5.92 Å². The van der Waals surface area contributed by atoms with Crippen LogP contribution in [-0.2, 0) is 9.59 Å². The summed E-state index contributed by atoms with van der Waals surface area (Å²) in [6.45, 7) is 15.7. The van der Waals surface area contributed by atoms with Gasteiger partial charge in [0.05, 0.1) is 0 Å². The van der Waals surface area contributed by atoms with Crippen molar-refractivity contribution in [2.45, 2.75) is 106 Å². The van der Waals surface area contributed by atoms with E-state index in [0.29, 0.717) is 6.42 Å². The summed E-state index contributed by atoms with van der Waals surface area (Å²) in [7, 11) is 0. The standard InChI is InChI=1S/C14H24O.C13H22O/c1-10(2)13-6-5-12(4)14(8-13)7-11(3)9-15;1-10(2)12-7-6-11(3)13(9-12)5-4-8-14/h9-11,13H,5-8H2,1-4H3;8,10,12H,4-7,9H2,1-3H3. The van der Waals surface area contributed by atoms with Crippen molar-refractivity contribution in [1.82, 2.24) is 0 Å². The van der Waals surface area contributed by atoms with Crippen LogP contribution < -0.4 is 0 Å². The number of carbonyl (C=O) groups is 2. The normalized spacial score (nSPS) is 23.8. The van der Waals surface area contributed by atoms with Crippen LogP contribution in [-0.4, -0.2) is 12.6 Å². The lowest BCUT2D eigenvalue weighted by Crippen LogP contribution is -2.16. The fraction of sp³-hybridized carbons (Fsp3) is 0.778. The van der Waals surface area contributed by atoms with Crippen molar-refractivity contribution in [3.63, 3.8) is 0 Å². The lowest BCUT2D eigenvalue weighted by atomic mass is 9.76. The van der Waals surface area contributed by atoms with Crippen molar-refractivity contribution in [1.29, 1.82) is 0 Å². The van der Waals surface area contributed by atoms with E-state index >= 15 is 0 Å². The maximum Gasteiger partial charge on any atom is 0.123 e. The molecule has 0 N–H and O–H groups in total. The summed E-state index contributed by atoms with van der Waals surface area (Å²) in [4.78, 5) is 21.0. The van der Waals surface area contributed by atoms with Crippen LogP contribution in [0.4, 0.5) is 0 Å². The van der Waals surface area contributed by atoms with Crippen molar-refractivity contribution in [2.24, 2.45) is 29.6 Å². The van der Waals surface area contributed by atoms with Crippen LogP contribution in [0.5, 0.6) is 0 Å². The zero-order chi connectivity index (χ0) is 22.0. The second-order valence-corrected chi connectivity index (χ2v) is 10.3. The van der Waals surface area contributed by atoms with Crippen LogP contribution in [0.3, 0.4) is 0 Å². The molecule has 2 rings (SSSR count). The van der Waals surface area contributed by atoms with Gasteiger partial charge in [0.15, 0.2) is 0 Å². The summed E-state index contributed by atoms with van der Waals surface area (Å²) < 4.78 is 0. The zero-order valence-electron chi connectivity index (χ0n) is 20.2. The van der Waals surface area contributed by atoms with Gasteiger partial charge < -0.3 is 9.59 Å². The van der Waals surface area contributed by atoms with E-state index in [2.05, 4.69) is 41.5 Å². The Hall–Kier alpha value is -1.18. The van der Waals surface area contributed by atoms with Crippen molar-refractivity contribution in [3.05, 3.63) is 22.3 Å². The number of carbonyl (C=O) groups excluding carboxylic acids is 2. The van der Waals surface area contributed by atoms with Gasteiger partial charge in [-0.05, 0) is 88.9 Å². The second-order valence-electron chi connectivity index (χ2n) is 10.3. The van der Waals surface area contributed by atoms with Gasteiger partial charge in [0.25, 0.3) is 0 Å². The molecule has 2 heteroatoms. The predicted molar refractivity (Wildman–Crippen MR) is 125 cm³/mol. The van der Waals surface area contributed by atoms with Gasteiger partial charge in [-0.25, -0.2) is 0 Å². The number of hydrogen-bond donors (Lipinski definition) is 0. The fourth-order valence-electron chi connectivity index (χ4n) is 4.72. The van der Waals surface area contributed by atoms with E-state index in [4.69, 9.17) is 0 Å². The molecule has 0 heterocycles. The van der Waals surface area contributed by atoms with Gasteiger partial charge in [-0.2, -0.15) is 0 Å². The highest BCUT2D eigenvalue weighted by atomic mass is 16.1. The summed E-state index contributed by atoms with van der Waals surface area (Å²) >= 11 is 0. The molecule has 2 nitrogen and oxygen atoms in total. The first kappa shape index (κ1) is 25.9. The Labute approximate surface area is 180 Å². The molecule has 29 heavy (non-hydrogen) atoms. The number of hydrogen-bond acceptors (Lipinski definition) is 2. The van der Waals surface area contributed by atoms with Crippen molar-refractivity contribution in [3.8, 4) is 0 Å². The third-order valence-electron chi connectivity index (χ3n) is 7.25. The summed E-state index contributed by atoms with van der Waals surface area (Å²) in [5.41, 5.74) is 6.20. The molecule has 0 aromatic heterocycles. The minimum Gasteiger partial charge on any atom is -0.303 e. The molecule has 166 valence electrons. The molecule has 0 aliphatic heterocycles. The third-order valence-corrected chi connectivity index (χ3v) is 7.25. The Morgan fingerprint density at radius 1 is 0.828 bits per heavy atom. The van der Waals surface area contributed by atoms with Gasteiger partial charge in [-0.1, -0.05) is 56.9 Å². The van der Waals surface area contributed by atoms with E-state index < -0.39 is 0 Å². The highest BCUT2D eigenvalue weighted by Gasteiger charge is 2.22. The SMILES string of the molecule is CC1=C(CC(C)C=O)CC(C(C)C)CC1.CC1=C(CCC=O)CC(C(C)C)CC1. The van der Waals surface area contributed by atoms with Gasteiger partial charge >= 0.3 is 0 Å². The lowest BCUT2D eigenvalue weighted by molar-refractivity contribution is -0.110. The molecular weight excluding hydrogens is 356 g/mol. The van der Waals surface area contributed by atoms with Gasteiger partial charge in [0.1, 0.15) is 12.6 Å². The summed E-state index contributed by atoms with van der Waals surface area (Å²) in [6.07, 6.45) is 12.4. The van der Waals surface area contributed by atoms with Crippen molar-refractivity contribution in [2.75, 3.05) is 0 Å². The Kier molecular flexibility index (Phi) is 11.8. The first-order valence-corrected chi connectivity index (χ1v) is 11.9. The highest BCUT2D eigenvalue weighted by molar-refractivity contribution is 5.53. The fourth-order valence-corrected chi connectivity index (χ4v) is 4.72. The maximum absolute atomic E-state index is 10.7. The molecule has 0 aromatic rings. The minimum absolute atomic E-state index is 0.195. The topological polar surface area (TPSA) is 34.1 Å². The Morgan fingerprint density at radius 3 is 1.76 bits per heavy atom. The molecule has 0 fully saturated rings. The van der Waals surface area contributed by atoms with E-state index in [9.17, 15) is 9.59 Å². The van der Waals surface area contributed by atoms with Crippen LogP contribution in [0.2, 0.25) is 0 Å². The molecule has 0 spiro atoms. The summed E-state index contributed by atoms with van der Waals surface area (Å²) in [6, 6.07) is 0. The summed E-state index contributed by atoms with van der Waals surface area (Å²) in [5.74, 6) is 3.44. The number of allylic oxidation sites excluding steroid dienone is 4. The molecule has 2 aliphatic carbocycles. The predicted octanol–water partition coefficient (Wildman–Crippen LogP) is 7.72. The van der Waals surface area contributed by atoms with Crippen LogP contribution in [0.25, 0.3) is 0 Å². The molecule has 0 bridgehead atoms. The monoisotopic (exact) mass is 402 g/mol. The smallest absolute Gasteiger partial charge is 0.123 e. The molecule has 0 radical (unpaired) electrons. The molecule has 2 aliphatic rings. The van der Waals surface area contributed by atoms with Gasteiger partial charge in [0.2, 0.25) is 0 Å². The Bertz CT molecular complexity index is 579. The average Bonchev–Trinajstić information content (AvgIpc) is 2.69. The highest BCUT2D eigenvalue weighted by Crippen LogP contribution is 2.36. The first-order chi connectivity index (χ1) is 13.7. The van der Waals surface area contributed by atoms with Crippen LogP contribution in [0.15, 0.2) is 22.3 Å². The first-order valence-electron chi connectivity index (χ1n) is 11.9. The maximum atomic E-state index is 10.7. The van der Waals surface area contributed by atoms with E-state index in [1.54, 1.807) is 22.3 Å². The molecule has 0 saturated carbocycles. The molecule has 0 amide bonds. The molecular formula is C27H46O2. The minimum atomic E-state index is 0.195. The molecule has 3 unspecified atom stereocenters. The van der Waals surface area contributed by atoms with Crippen LogP contribution in [0.1, 0.15) is 106 Å². The van der Waals surface area contributed by atoms with E-state index in [1.807, 2.05) is 6.92 Å². The quantitative estimate of drug-likeness (QED) is 0.307.